The maximum absolute atomic E-state index is 6.77. The standard InChI is InChI=1S/C59H39NOS/c1-59(2)52-22-8-7-16-46(52)47-19-9-17-42(54(47)59)38-24-30-40(31-25-38)60(53-23-11-21-50-51-35-29-37-13-4-6-15-45(37)57(51)62-58(50)53)41-32-26-39(27-33-41)44-18-10-20-48-49-34-28-36-12-3-5-14-43(36)56(49)61-55(44)48/h3-35H,1-2H3. The first-order chi connectivity index (χ1) is 30.5. The van der Waals surface area contributed by atoms with E-state index in [2.05, 4.69) is 219 Å². The number of hydrogen-bond acceptors (Lipinski definition) is 3. The minimum atomic E-state index is -0.101. The zero-order valence-corrected chi connectivity index (χ0v) is 35.1. The molecule has 0 unspecified atom stereocenters. The van der Waals surface area contributed by atoms with Gasteiger partial charge in [-0.2, -0.15) is 0 Å². The SMILES string of the molecule is CC1(C)c2ccccc2-c2cccc(-c3ccc(N(c4ccc(-c5cccc6c5oc5c7ccccc7ccc65)cc4)c4cccc5c4sc4c6ccccc6ccc54)cc3)c21. The molecule has 1 aliphatic rings. The fourth-order valence-electron chi connectivity index (χ4n) is 10.5. The highest BCUT2D eigenvalue weighted by Gasteiger charge is 2.37. The molecule has 0 fully saturated rings. The van der Waals surface area contributed by atoms with E-state index < -0.39 is 0 Å². The highest BCUT2D eigenvalue weighted by atomic mass is 32.1. The first-order valence-electron chi connectivity index (χ1n) is 21.4. The highest BCUT2D eigenvalue weighted by molar-refractivity contribution is 7.27. The Morgan fingerprint density at radius 3 is 1.71 bits per heavy atom. The summed E-state index contributed by atoms with van der Waals surface area (Å²) >= 11 is 1.89. The minimum absolute atomic E-state index is 0.101. The second kappa shape index (κ2) is 13.3. The third-order valence-corrected chi connectivity index (χ3v) is 14.7. The van der Waals surface area contributed by atoms with Crippen molar-refractivity contribution in [3.8, 4) is 33.4 Å². The van der Waals surface area contributed by atoms with E-state index in [0.29, 0.717) is 0 Å². The van der Waals surface area contributed by atoms with Crippen molar-refractivity contribution in [2.24, 2.45) is 0 Å². The molecule has 0 saturated heterocycles. The molecule has 2 heterocycles. The van der Waals surface area contributed by atoms with Crippen LogP contribution >= 0.6 is 11.3 Å². The molecular formula is C59H39NOS. The van der Waals surface area contributed by atoms with Crippen LogP contribution in [0, 0.1) is 0 Å². The van der Waals surface area contributed by atoms with Crippen molar-refractivity contribution in [3.63, 3.8) is 0 Å². The summed E-state index contributed by atoms with van der Waals surface area (Å²) in [6, 6.07) is 73.4. The summed E-state index contributed by atoms with van der Waals surface area (Å²) in [6.07, 6.45) is 0. The summed E-state index contributed by atoms with van der Waals surface area (Å²) in [5.74, 6) is 0. The van der Waals surface area contributed by atoms with E-state index in [4.69, 9.17) is 4.42 Å². The Labute approximate surface area is 363 Å². The van der Waals surface area contributed by atoms with Crippen LogP contribution in [0.15, 0.2) is 205 Å². The summed E-state index contributed by atoms with van der Waals surface area (Å²) in [5.41, 5.74) is 15.3. The van der Waals surface area contributed by atoms with Crippen LogP contribution in [-0.2, 0) is 5.41 Å². The molecule has 0 amide bonds. The molecule has 0 bridgehead atoms. The van der Waals surface area contributed by atoms with E-state index in [0.717, 1.165) is 55.5 Å². The first-order valence-corrected chi connectivity index (χ1v) is 22.2. The van der Waals surface area contributed by atoms with Crippen LogP contribution in [0.2, 0.25) is 0 Å². The number of fused-ring (bicyclic) bond motifs is 13. The number of nitrogens with zero attached hydrogens (tertiary/aromatic N) is 1. The van der Waals surface area contributed by atoms with Crippen LogP contribution < -0.4 is 4.90 Å². The monoisotopic (exact) mass is 809 g/mol. The average Bonchev–Trinajstić information content (AvgIpc) is 3.98. The van der Waals surface area contributed by atoms with Gasteiger partial charge in [0.25, 0.3) is 0 Å². The minimum Gasteiger partial charge on any atom is -0.455 e. The van der Waals surface area contributed by atoms with E-state index in [1.807, 2.05) is 11.3 Å². The van der Waals surface area contributed by atoms with Crippen LogP contribution in [0.3, 0.4) is 0 Å². The molecular weight excluding hydrogens is 771 g/mol. The van der Waals surface area contributed by atoms with E-state index in [1.165, 1.54) is 69.7 Å². The third-order valence-electron chi connectivity index (χ3n) is 13.5. The van der Waals surface area contributed by atoms with Gasteiger partial charge >= 0.3 is 0 Å². The van der Waals surface area contributed by atoms with Gasteiger partial charge in [0.1, 0.15) is 11.2 Å². The second-order valence-corrected chi connectivity index (χ2v) is 18.2. The quantitative estimate of drug-likeness (QED) is 0.172. The summed E-state index contributed by atoms with van der Waals surface area (Å²) in [6.45, 7) is 4.73. The molecule has 2 aromatic heterocycles. The Hall–Kier alpha value is -7.46. The Balaban J connectivity index is 0.968. The highest BCUT2D eigenvalue weighted by Crippen LogP contribution is 2.53. The zero-order valence-electron chi connectivity index (χ0n) is 34.3. The Morgan fingerprint density at radius 2 is 0.919 bits per heavy atom. The molecule has 0 radical (unpaired) electrons. The zero-order chi connectivity index (χ0) is 41.1. The van der Waals surface area contributed by atoms with Gasteiger partial charge in [0.05, 0.1) is 10.4 Å². The average molecular weight is 810 g/mol. The molecule has 0 spiro atoms. The molecule has 12 aromatic rings. The van der Waals surface area contributed by atoms with Crippen molar-refractivity contribution >= 4 is 92.1 Å². The summed E-state index contributed by atoms with van der Waals surface area (Å²) < 4.78 is 9.37. The summed E-state index contributed by atoms with van der Waals surface area (Å²) in [5, 5.41) is 9.73. The number of furan rings is 1. The van der Waals surface area contributed by atoms with Crippen LogP contribution in [-0.4, -0.2) is 0 Å². The molecule has 0 aliphatic heterocycles. The van der Waals surface area contributed by atoms with Crippen LogP contribution in [0.5, 0.6) is 0 Å². The Kier molecular flexibility index (Phi) is 7.56. The van der Waals surface area contributed by atoms with Gasteiger partial charge in [0, 0.05) is 54.0 Å². The molecule has 292 valence electrons. The van der Waals surface area contributed by atoms with Crippen molar-refractivity contribution in [2.75, 3.05) is 4.90 Å². The van der Waals surface area contributed by atoms with Crippen molar-refractivity contribution < 1.29 is 4.42 Å². The van der Waals surface area contributed by atoms with Crippen LogP contribution in [0.25, 0.3) is 97.0 Å². The number of para-hydroxylation sites is 1. The lowest BCUT2D eigenvalue weighted by atomic mass is 9.79. The van der Waals surface area contributed by atoms with Crippen molar-refractivity contribution in [2.45, 2.75) is 19.3 Å². The summed E-state index contributed by atoms with van der Waals surface area (Å²) in [4.78, 5) is 2.44. The van der Waals surface area contributed by atoms with Gasteiger partial charge in [0.2, 0.25) is 0 Å². The van der Waals surface area contributed by atoms with E-state index in [-0.39, 0.29) is 5.41 Å². The molecule has 10 aromatic carbocycles. The molecule has 13 rings (SSSR count). The molecule has 0 saturated carbocycles. The fourth-order valence-corrected chi connectivity index (χ4v) is 11.9. The van der Waals surface area contributed by atoms with Gasteiger partial charge in [-0.1, -0.05) is 178 Å². The van der Waals surface area contributed by atoms with Gasteiger partial charge in [-0.25, -0.2) is 0 Å². The normalized spacial score (nSPS) is 13.1. The van der Waals surface area contributed by atoms with Gasteiger partial charge in [-0.15, -0.1) is 11.3 Å². The Bertz CT molecular complexity index is 3770. The number of hydrogen-bond donors (Lipinski definition) is 0. The van der Waals surface area contributed by atoms with Gasteiger partial charge < -0.3 is 9.32 Å². The van der Waals surface area contributed by atoms with E-state index in [9.17, 15) is 0 Å². The predicted molar refractivity (Wildman–Crippen MR) is 265 cm³/mol. The smallest absolute Gasteiger partial charge is 0.143 e. The fraction of sp³-hybridized carbons (Fsp3) is 0.0508. The first kappa shape index (κ1) is 35.3. The molecule has 0 atom stereocenters. The number of rotatable bonds is 5. The number of anilines is 3. The van der Waals surface area contributed by atoms with Crippen molar-refractivity contribution in [1.29, 1.82) is 0 Å². The second-order valence-electron chi connectivity index (χ2n) is 17.2. The third kappa shape index (κ3) is 5.09. The molecule has 3 heteroatoms. The van der Waals surface area contributed by atoms with E-state index >= 15 is 0 Å². The topological polar surface area (TPSA) is 16.4 Å². The van der Waals surface area contributed by atoms with Gasteiger partial charge in [-0.05, 0) is 91.5 Å². The van der Waals surface area contributed by atoms with Crippen molar-refractivity contribution in [3.05, 3.63) is 211 Å². The molecule has 2 nitrogen and oxygen atoms in total. The van der Waals surface area contributed by atoms with Crippen LogP contribution in [0.4, 0.5) is 17.1 Å². The van der Waals surface area contributed by atoms with Crippen molar-refractivity contribution in [1.82, 2.24) is 0 Å². The maximum Gasteiger partial charge on any atom is 0.143 e. The van der Waals surface area contributed by atoms with E-state index in [1.54, 1.807) is 0 Å². The number of benzene rings is 10. The lowest BCUT2D eigenvalue weighted by Crippen LogP contribution is -2.16. The molecule has 0 N–H and O–H groups in total. The Morgan fingerprint density at radius 1 is 0.387 bits per heavy atom. The van der Waals surface area contributed by atoms with Gasteiger partial charge in [-0.3, -0.25) is 0 Å². The summed E-state index contributed by atoms with van der Waals surface area (Å²) in [7, 11) is 0. The predicted octanol–water partition coefficient (Wildman–Crippen LogP) is 17.4. The lowest BCUT2D eigenvalue weighted by Gasteiger charge is -2.27. The van der Waals surface area contributed by atoms with Gasteiger partial charge in [0.15, 0.2) is 0 Å². The largest absolute Gasteiger partial charge is 0.455 e. The van der Waals surface area contributed by atoms with Crippen LogP contribution in [0.1, 0.15) is 25.0 Å². The molecule has 1 aliphatic carbocycles. The molecule has 62 heavy (non-hydrogen) atoms. The lowest BCUT2D eigenvalue weighted by molar-refractivity contribution is 0.662. The number of thiophene rings is 1. The maximum atomic E-state index is 6.77.